The molecular formula is C20H26FIN4O3. The van der Waals surface area contributed by atoms with Gasteiger partial charge >= 0.3 is 0 Å². The first-order valence-electron chi connectivity index (χ1n) is 9.16. The Morgan fingerprint density at radius 2 is 1.90 bits per heavy atom. The molecule has 0 aliphatic heterocycles. The second kappa shape index (κ2) is 13.8. The van der Waals surface area contributed by atoms with E-state index in [1.54, 1.807) is 30.3 Å². The maximum absolute atomic E-state index is 13.8. The fraction of sp³-hybridized carbons (Fsp3) is 0.350. The molecule has 9 heteroatoms. The number of nitrogens with one attached hydrogen (secondary N) is 2. The second-order valence-electron chi connectivity index (χ2n) is 6.01. The van der Waals surface area contributed by atoms with Gasteiger partial charge in [0.05, 0.1) is 11.5 Å². The Bertz CT molecular complexity index is 788. The number of guanidine groups is 1. The lowest BCUT2D eigenvalue weighted by Crippen LogP contribution is -2.38. The summed E-state index contributed by atoms with van der Waals surface area (Å²) >= 11 is 0. The molecule has 0 aliphatic carbocycles. The van der Waals surface area contributed by atoms with Gasteiger partial charge in [-0.15, -0.1) is 24.0 Å². The minimum Gasteiger partial charge on any atom is -0.382 e. The number of nitro benzene ring substituents is 1. The molecule has 0 aliphatic rings. The van der Waals surface area contributed by atoms with Crippen molar-refractivity contribution >= 4 is 35.6 Å². The lowest BCUT2D eigenvalue weighted by Gasteiger charge is -2.13. The van der Waals surface area contributed by atoms with E-state index < -0.39 is 4.92 Å². The maximum Gasteiger partial charge on any atom is 0.269 e. The van der Waals surface area contributed by atoms with Crippen molar-refractivity contribution in [2.24, 2.45) is 4.99 Å². The van der Waals surface area contributed by atoms with Crippen molar-refractivity contribution < 1.29 is 14.1 Å². The molecule has 0 fully saturated rings. The minimum absolute atomic E-state index is 0. The Balaban J connectivity index is 0.00000420. The molecule has 0 atom stereocenters. The number of halogens is 2. The van der Waals surface area contributed by atoms with Gasteiger partial charge in [-0.05, 0) is 25.0 Å². The minimum atomic E-state index is -0.436. The van der Waals surface area contributed by atoms with E-state index in [9.17, 15) is 14.5 Å². The average molecular weight is 516 g/mol. The third-order valence-corrected chi connectivity index (χ3v) is 3.93. The monoisotopic (exact) mass is 516 g/mol. The summed E-state index contributed by atoms with van der Waals surface area (Å²) < 4.78 is 19.1. The fourth-order valence-corrected chi connectivity index (χ4v) is 2.41. The van der Waals surface area contributed by atoms with Gasteiger partial charge < -0.3 is 15.4 Å². The van der Waals surface area contributed by atoms with Gasteiger partial charge in [0, 0.05) is 44.0 Å². The molecule has 2 aromatic carbocycles. The number of hydrogen-bond donors (Lipinski definition) is 2. The van der Waals surface area contributed by atoms with Gasteiger partial charge in [0.1, 0.15) is 5.82 Å². The summed E-state index contributed by atoms with van der Waals surface area (Å²) in [5.41, 5.74) is 1.42. The van der Waals surface area contributed by atoms with E-state index in [0.717, 1.165) is 12.0 Å². The molecule has 0 saturated carbocycles. The van der Waals surface area contributed by atoms with Gasteiger partial charge in [-0.25, -0.2) is 9.38 Å². The van der Waals surface area contributed by atoms with Crippen molar-refractivity contribution in [2.75, 3.05) is 19.8 Å². The SMILES string of the molecule is CCOCCCNC(=NCc1ccc([N+](=O)[O-])cc1)NCc1ccccc1F.I. The predicted octanol–water partition coefficient (Wildman–Crippen LogP) is 4.01. The van der Waals surface area contributed by atoms with Crippen LogP contribution in [0.25, 0.3) is 0 Å². The van der Waals surface area contributed by atoms with Crippen LogP contribution in [0.5, 0.6) is 0 Å². The summed E-state index contributed by atoms with van der Waals surface area (Å²) in [5.74, 6) is 0.263. The molecule has 0 amide bonds. The van der Waals surface area contributed by atoms with Gasteiger partial charge in [0.15, 0.2) is 5.96 Å². The van der Waals surface area contributed by atoms with Crippen LogP contribution in [-0.2, 0) is 17.8 Å². The van der Waals surface area contributed by atoms with Crippen molar-refractivity contribution in [1.29, 1.82) is 0 Å². The molecule has 0 bridgehead atoms. The second-order valence-corrected chi connectivity index (χ2v) is 6.01. The van der Waals surface area contributed by atoms with E-state index in [2.05, 4.69) is 15.6 Å². The number of aliphatic imine (C=N–C) groups is 1. The Hall–Kier alpha value is -2.27. The van der Waals surface area contributed by atoms with Crippen LogP contribution in [0.15, 0.2) is 53.5 Å². The van der Waals surface area contributed by atoms with Crippen molar-refractivity contribution in [3.05, 3.63) is 75.6 Å². The molecule has 0 saturated heterocycles. The van der Waals surface area contributed by atoms with Crippen LogP contribution in [0.2, 0.25) is 0 Å². The molecule has 2 aromatic rings. The van der Waals surface area contributed by atoms with E-state index in [0.29, 0.717) is 44.4 Å². The molecule has 7 nitrogen and oxygen atoms in total. The first-order valence-corrected chi connectivity index (χ1v) is 9.16. The van der Waals surface area contributed by atoms with Crippen molar-refractivity contribution in [3.8, 4) is 0 Å². The number of nitrogens with zero attached hydrogens (tertiary/aromatic N) is 2. The van der Waals surface area contributed by atoms with Gasteiger partial charge in [-0.2, -0.15) is 0 Å². The summed E-state index contributed by atoms with van der Waals surface area (Å²) in [7, 11) is 0. The highest BCUT2D eigenvalue weighted by Gasteiger charge is 2.05. The summed E-state index contributed by atoms with van der Waals surface area (Å²) in [4.78, 5) is 14.8. The zero-order valence-electron chi connectivity index (χ0n) is 16.3. The van der Waals surface area contributed by atoms with Crippen molar-refractivity contribution in [3.63, 3.8) is 0 Å². The maximum atomic E-state index is 13.8. The number of hydrogen-bond acceptors (Lipinski definition) is 4. The number of benzene rings is 2. The molecule has 29 heavy (non-hydrogen) atoms. The topological polar surface area (TPSA) is 88.8 Å². The summed E-state index contributed by atoms with van der Waals surface area (Å²) in [5, 5.41) is 17.1. The molecule has 2 rings (SSSR count). The zero-order chi connectivity index (χ0) is 20.2. The van der Waals surface area contributed by atoms with Crippen LogP contribution in [0, 0.1) is 15.9 Å². The van der Waals surface area contributed by atoms with E-state index >= 15 is 0 Å². The van der Waals surface area contributed by atoms with E-state index in [1.807, 2.05) is 6.92 Å². The van der Waals surface area contributed by atoms with Gasteiger partial charge in [-0.1, -0.05) is 30.3 Å². The number of ether oxygens (including phenoxy) is 1. The van der Waals surface area contributed by atoms with E-state index in [-0.39, 0.29) is 35.5 Å². The Morgan fingerprint density at radius 1 is 1.17 bits per heavy atom. The van der Waals surface area contributed by atoms with E-state index in [1.165, 1.54) is 18.2 Å². The third kappa shape index (κ3) is 9.18. The molecule has 0 heterocycles. The smallest absolute Gasteiger partial charge is 0.269 e. The van der Waals surface area contributed by atoms with Crippen LogP contribution < -0.4 is 10.6 Å². The first kappa shape index (κ1) is 24.8. The Morgan fingerprint density at radius 3 is 2.55 bits per heavy atom. The molecule has 158 valence electrons. The highest BCUT2D eigenvalue weighted by molar-refractivity contribution is 14.0. The van der Waals surface area contributed by atoms with Crippen LogP contribution in [0.1, 0.15) is 24.5 Å². The predicted molar refractivity (Wildman–Crippen MR) is 122 cm³/mol. The summed E-state index contributed by atoms with van der Waals surface area (Å²) in [6, 6.07) is 12.8. The van der Waals surface area contributed by atoms with Crippen LogP contribution in [0.4, 0.5) is 10.1 Å². The Labute approximate surface area is 186 Å². The average Bonchev–Trinajstić information content (AvgIpc) is 2.70. The van der Waals surface area contributed by atoms with Crippen molar-refractivity contribution in [2.45, 2.75) is 26.4 Å². The molecule has 0 radical (unpaired) electrons. The normalized spacial score (nSPS) is 10.9. The van der Waals surface area contributed by atoms with E-state index in [4.69, 9.17) is 4.74 Å². The standard InChI is InChI=1S/C20H25FN4O3.HI/c1-2-28-13-5-12-22-20(24-15-17-6-3-4-7-19(17)21)23-14-16-8-10-18(11-9-16)25(26)27;/h3-4,6-11H,2,5,12-15H2,1H3,(H2,22,23,24);1H. The molecule has 0 unspecified atom stereocenters. The van der Waals surface area contributed by atoms with Gasteiger partial charge in [0.2, 0.25) is 0 Å². The zero-order valence-corrected chi connectivity index (χ0v) is 18.6. The van der Waals surface area contributed by atoms with Gasteiger partial charge in [0.25, 0.3) is 5.69 Å². The lowest BCUT2D eigenvalue weighted by atomic mass is 10.2. The number of nitro groups is 1. The first-order chi connectivity index (χ1) is 13.6. The Kier molecular flexibility index (Phi) is 11.8. The largest absolute Gasteiger partial charge is 0.382 e. The molecular weight excluding hydrogens is 490 g/mol. The van der Waals surface area contributed by atoms with Crippen LogP contribution >= 0.6 is 24.0 Å². The number of non-ortho nitro benzene ring substituents is 1. The quantitative estimate of drug-likeness (QED) is 0.124. The highest BCUT2D eigenvalue weighted by Crippen LogP contribution is 2.12. The summed E-state index contributed by atoms with van der Waals surface area (Å²) in [6.07, 6.45) is 0.811. The van der Waals surface area contributed by atoms with Crippen molar-refractivity contribution in [1.82, 2.24) is 10.6 Å². The molecule has 0 aromatic heterocycles. The fourth-order valence-electron chi connectivity index (χ4n) is 2.41. The summed E-state index contributed by atoms with van der Waals surface area (Å²) in [6.45, 7) is 4.56. The van der Waals surface area contributed by atoms with Crippen LogP contribution in [-0.4, -0.2) is 30.6 Å². The molecule has 2 N–H and O–H groups in total. The highest BCUT2D eigenvalue weighted by atomic mass is 127. The lowest BCUT2D eigenvalue weighted by molar-refractivity contribution is -0.384. The number of rotatable bonds is 10. The van der Waals surface area contributed by atoms with Gasteiger partial charge in [-0.3, -0.25) is 10.1 Å². The van der Waals surface area contributed by atoms with Crippen LogP contribution in [0.3, 0.4) is 0 Å². The molecule has 0 spiro atoms. The third-order valence-electron chi connectivity index (χ3n) is 3.93.